The van der Waals surface area contributed by atoms with Crippen molar-refractivity contribution < 1.29 is 4.79 Å². The topological polar surface area (TPSA) is 72.1 Å². The summed E-state index contributed by atoms with van der Waals surface area (Å²) in [7, 11) is 0. The number of piperidine rings is 1. The molecule has 1 fully saturated rings. The molecule has 2 heterocycles. The second kappa shape index (κ2) is 6.87. The Kier molecular flexibility index (Phi) is 5.15. The minimum Gasteiger partial charge on any atom is -0.396 e. The van der Waals surface area contributed by atoms with Gasteiger partial charge in [0.15, 0.2) is 5.69 Å². The number of amides is 1. The van der Waals surface area contributed by atoms with Crippen LogP contribution in [0.4, 0.5) is 5.69 Å². The Morgan fingerprint density at radius 2 is 2.24 bits per heavy atom. The molecule has 1 amide bonds. The first-order chi connectivity index (χ1) is 10.0. The van der Waals surface area contributed by atoms with Crippen LogP contribution in [0.3, 0.4) is 0 Å². The van der Waals surface area contributed by atoms with E-state index in [0.29, 0.717) is 23.2 Å². The molecule has 5 nitrogen and oxygen atoms in total. The summed E-state index contributed by atoms with van der Waals surface area (Å²) in [6.45, 7) is 7.00. The van der Waals surface area contributed by atoms with Gasteiger partial charge in [-0.05, 0) is 25.7 Å². The molecule has 0 aliphatic carbocycles. The highest BCUT2D eigenvalue weighted by Gasteiger charge is 2.29. The number of nitrogens with zero attached hydrogens (tertiary/aromatic N) is 3. The van der Waals surface area contributed by atoms with Gasteiger partial charge >= 0.3 is 0 Å². The maximum atomic E-state index is 12.8. The molecule has 1 aromatic rings. The Morgan fingerprint density at radius 1 is 1.48 bits per heavy atom. The van der Waals surface area contributed by atoms with Crippen LogP contribution in [0, 0.1) is 0 Å². The molecule has 2 rings (SSSR count). The van der Waals surface area contributed by atoms with Gasteiger partial charge in [-0.15, -0.1) is 0 Å². The molecule has 1 atom stereocenters. The third-order valence-electron chi connectivity index (χ3n) is 4.06. The number of likely N-dealkylation sites (tertiary alicyclic amines) is 1. The van der Waals surface area contributed by atoms with Crippen LogP contribution in [0.15, 0.2) is 6.20 Å². The summed E-state index contributed by atoms with van der Waals surface area (Å²) < 4.78 is 0. The highest BCUT2D eigenvalue weighted by Crippen LogP contribution is 2.24. The molecular weight excluding hydrogens is 264 g/mol. The molecular formula is C16H26N4O. The summed E-state index contributed by atoms with van der Waals surface area (Å²) in [5.41, 5.74) is 6.70. The molecule has 1 unspecified atom stereocenters. The van der Waals surface area contributed by atoms with Crippen LogP contribution in [-0.4, -0.2) is 33.4 Å². The third-order valence-corrected chi connectivity index (χ3v) is 4.06. The van der Waals surface area contributed by atoms with Crippen molar-refractivity contribution in [2.75, 3.05) is 12.3 Å². The van der Waals surface area contributed by atoms with Crippen LogP contribution in [0.1, 0.15) is 75.1 Å². The van der Waals surface area contributed by atoms with Crippen LogP contribution in [-0.2, 0) is 0 Å². The van der Waals surface area contributed by atoms with Crippen molar-refractivity contribution in [3.8, 4) is 0 Å². The molecule has 1 aromatic heterocycles. The maximum absolute atomic E-state index is 12.8. The monoisotopic (exact) mass is 290 g/mol. The van der Waals surface area contributed by atoms with Crippen molar-refractivity contribution in [2.24, 2.45) is 0 Å². The van der Waals surface area contributed by atoms with E-state index >= 15 is 0 Å². The van der Waals surface area contributed by atoms with Crippen molar-refractivity contribution in [2.45, 2.75) is 64.8 Å². The lowest BCUT2D eigenvalue weighted by Crippen LogP contribution is -2.44. The number of rotatable bonds is 4. The second-order valence-electron chi connectivity index (χ2n) is 6.12. The summed E-state index contributed by atoms with van der Waals surface area (Å²) in [6.07, 6.45) is 7.05. The van der Waals surface area contributed by atoms with Crippen LogP contribution in [0.5, 0.6) is 0 Å². The van der Waals surface area contributed by atoms with Crippen molar-refractivity contribution in [1.82, 2.24) is 14.9 Å². The van der Waals surface area contributed by atoms with E-state index in [9.17, 15) is 4.79 Å². The second-order valence-corrected chi connectivity index (χ2v) is 6.12. The lowest BCUT2D eigenvalue weighted by Gasteiger charge is -2.35. The standard InChI is InChI=1S/C16H26N4O/c1-4-7-12-8-5-6-9-20(12)16(21)14-13(17)10-18-15(19-14)11(2)3/h10-12H,4-9,17H2,1-3H3. The molecule has 5 heteroatoms. The summed E-state index contributed by atoms with van der Waals surface area (Å²) in [6, 6.07) is 0.327. The van der Waals surface area contributed by atoms with E-state index in [0.717, 1.165) is 32.2 Å². The number of hydrogen-bond donors (Lipinski definition) is 1. The first kappa shape index (κ1) is 15.7. The van der Waals surface area contributed by atoms with E-state index in [4.69, 9.17) is 5.73 Å². The van der Waals surface area contributed by atoms with Gasteiger partial charge in [0, 0.05) is 18.5 Å². The summed E-state index contributed by atoms with van der Waals surface area (Å²) in [5, 5.41) is 0. The zero-order valence-electron chi connectivity index (χ0n) is 13.3. The minimum atomic E-state index is -0.0325. The molecule has 0 spiro atoms. The number of carbonyl (C=O) groups excluding carboxylic acids is 1. The number of anilines is 1. The SMILES string of the molecule is CCCC1CCCCN1C(=O)c1nc(C(C)C)ncc1N. The fourth-order valence-electron chi connectivity index (χ4n) is 2.89. The van der Waals surface area contributed by atoms with Crippen LogP contribution in [0.25, 0.3) is 0 Å². The quantitative estimate of drug-likeness (QED) is 0.925. The maximum Gasteiger partial charge on any atom is 0.274 e. The number of nitrogen functional groups attached to an aromatic ring is 1. The minimum absolute atomic E-state index is 0.0325. The highest BCUT2D eigenvalue weighted by molar-refractivity contribution is 5.97. The molecule has 0 aromatic carbocycles. The van der Waals surface area contributed by atoms with E-state index in [1.807, 2.05) is 18.7 Å². The van der Waals surface area contributed by atoms with Crippen molar-refractivity contribution in [3.05, 3.63) is 17.7 Å². The van der Waals surface area contributed by atoms with Gasteiger partial charge in [-0.25, -0.2) is 9.97 Å². The largest absolute Gasteiger partial charge is 0.396 e. The molecule has 116 valence electrons. The van der Waals surface area contributed by atoms with Gasteiger partial charge in [-0.3, -0.25) is 4.79 Å². The Hall–Kier alpha value is -1.65. The van der Waals surface area contributed by atoms with E-state index in [2.05, 4.69) is 16.9 Å². The van der Waals surface area contributed by atoms with Crippen LogP contribution in [0.2, 0.25) is 0 Å². The average Bonchev–Trinajstić information content (AvgIpc) is 2.47. The number of carbonyl (C=O) groups is 1. The lowest BCUT2D eigenvalue weighted by atomic mass is 9.97. The molecule has 1 saturated heterocycles. The Labute approximate surface area is 127 Å². The Bertz CT molecular complexity index is 499. The fraction of sp³-hybridized carbons (Fsp3) is 0.688. The Balaban J connectivity index is 2.27. The molecule has 1 aliphatic heterocycles. The van der Waals surface area contributed by atoms with Gasteiger partial charge in [0.1, 0.15) is 5.82 Å². The van der Waals surface area contributed by atoms with Gasteiger partial charge in [0.05, 0.1) is 11.9 Å². The zero-order valence-corrected chi connectivity index (χ0v) is 13.3. The van der Waals surface area contributed by atoms with E-state index in [1.54, 1.807) is 6.20 Å². The van der Waals surface area contributed by atoms with Crippen molar-refractivity contribution in [3.63, 3.8) is 0 Å². The molecule has 21 heavy (non-hydrogen) atoms. The zero-order chi connectivity index (χ0) is 15.4. The van der Waals surface area contributed by atoms with E-state index < -0.39 is 0 Å². The predicted molar refractivity (Wildman–Crippen MR) is 84.1 cm³/mol. The summed E-state index contributed by atoms with van der Waals surface area (Å²) in [4.78, 5) is 23.4. The van der Waals surface area contributed by atoms with Gasteiger partial charge in [0.25, 0.3) is 5.91 Å². The van der Waals surface area contributed by atoms with Gasteiger partial charge in [-0.1, -0.05) is 27.2 Å². The number of hydrogen-bond acceptors (Lipinski definition) is 4. The van der Waals surface area contributed by atoms with Crippen molar-refractivity contribution >= 4 is 11.6 Å². The van der Waals surface area contributed by atoms with Crippen LogP contribution >= 0.6 is 0 Å². The molecule has 2 N–H and O–H groups in total. The highest BCUT2D eigenvalue weighted by atomic mass is 16.2. The van der Waals surface area contributed by atoms with Crippen molar-refractivity contribution in [1.29, 1.82) is 0 Å². The van der Waals surface area contributed by atoms with Gasteiger partial charge < -0.3 is 10.6 Å². The average molecular weight is 290 g/mol. The predicted octanol–water partition coefficient (Wildman–Crippen LogP) is 2.98. The number of aromatic nitrogens is 2. The molecule has 0 bridgehead atoms. The summed E-state index contributed by atoms with van der Waals surface area (Å²) in [5.74, 6) is 0.830. The third kappa shape index (κ3) is 3.52. The molecule has 0 radical (unpaired) electrons. The fourth-order valence-corrected chi connectivity index (χ4v) is 2.89. The first-order valence-electron chi connectivity index (χ1n) is 7.98. The van der Waals surface area contributed by atoms with Gasteiger partial charge in [-0.2, -0.15) is 0 Å². The lowest BCUT2D eigenvalue weighted by molar-refractivity contribution is 0.0595. The smallest absolute Gasteiger partial charge is 0.274 e. The van der Waals surface area contributed by atoms with E-state index in [1.165, 1.54) is 6.42 Å². The Morgan fingerprint density at radius 3 is 2.90 bits per heavy atom. The summed E-state index contributed by atoms with van der Waals surface area (Å²) >= 11 is 0. The number of nitrogens with two attached hydrogens (primary N) is 1. The first-order valence-corrected chi connectivity index (χ1v) is 7.98. The van der Waals surface area contributed by atoms with Gasteiger partial charge in [0.2, 0.25) is 0 Å². The van der Waals surface area contributed by atoms with E-state index in [-0.39, 0.29) is 11.8 Å². The van der Waals surface area contributed by atoms with Crippen LogP contribution < -0.4 is 5.73 Å². The molecule has 1 aliphatic rings. The molecule has 0 saturated carbocycles. The normalized spacial score (nSPS) is 19.0.